The highest BCUT2D eigenvalue weighted by Gasteiger charge is 2.12. The van der Waals surface area contributed by atoms with Gasteiger partial charge < -0.3 is 10.1 Å². The van der Waals surface area contributed by atoms with Gasteiger partial charge in [0.05, 0.1) is 12.7 Å². The molecule has 0 aromatic heterocycles. The Labute approximate surface area is 120 Å². The first-order chi connectivity index (χ1) is 9.02. The van der Waals surface area contributed by atoms with E-state index in [0.29, 0.717) is 11.6 Å². The van der Waals surface area contributed by atoms with Crippen molar-refractivity contribution in [3.8, 4) is 0 Å². The molecule has 0 saturated carbocycles. The van der Waals surface area contributed by atoms with Crippen molar-refractivity contribution in [3.63, 3.8) is 0 Å². The molecule has 1 atom stereocenters. The van der Waals surface area contributed by atoms with Crippen molar-refractivity contribution in [3.05, 3.63) is 34.6 Å². The van der Waals surface area contributed by atoms with Crippen molar-refractivity contribution < 1.29 is 9.13 Å². The summed E-state index contributed by atoms with van der Waals surface area (Å²) in [4.78, 5) is 0. The van der Waals surface area contributed by atoms with Gasteiger partial charge in [-0.1, -0.05) is 24.6 Å². The van der Waals surface area contributed by atoms with Crippen LogP contribution in [-0.4, -0.2) is 25.3 Å². The van der Waals surface area contributed by atoms with E-state index in [-0.39, 0.29) is 18.0 Å². The molecule has 4 heteroatoms. The van der Waals surface area contributed by atoms with Crippen molar-refractivity contribution in [1.29, 1.82) is 0 Å². The van der Waals surface area contributed by atoms with Crippen LogP contribution in [0, 0.1) is 5.82 Å². The van der Waals surface area contributed by atoms with Gasteiger partial charge in [0.1, 0.15) is 5.82 Å². The number of hydrogen-bond donors (Lipinski definition) is 1. The van der Waals surface area contributed by atoms with Gasteiger partial charge in [-0.2, -0.15) is 0 Å². The smallest absolute Gasteiger partial charge is 0.124 e. The summed E-state index contributed by atoms with van der Waals surface area (Å²) in [5.41, 5.74) is 0.948. The summed E-state index contributed by atoms with van der Waals surface area (Å²) in [6.45, 7) is 7.72. The number of halogens is 2. The fourth-order valence-electron chi connectivity index (χ4n) is 1.80. The second-order valence-electron chi connectivity index (χ2n) is 4.97. The Morgan fingerprint density at radius 3 is 2.68 bits per heavy atom. The van der Waals surface area contributed by atoms with E-state index in [0.717, 1.165) is 24.9 Å². The molecule has 0 aliphatic carbocycles. The predicted octanol–water partition coefficient (Wildman–Crippen LogP) is 3.81. The highest BCUT2D eigenvalue weighted by atomic mass is 35.5. The third-order valence-electron chi connectivity index (χ3n) is 2.80. The minimum absolute atomic E-state index is 0.199. The van der Waals surface area contributed by atoms with E-state index in [1.807, 2.05) is 13.8 Å². The summed E-state index contributed by atoms with van der Waals surface area (Å²) in [7, 11) is 0. The molecule has 1 aromatic rings. The number of nitrogens with one attached hydrogen (secondary N) is 1. The number of ether oxygens (including phenoxy) is 1. The second-order valence-corrected chi connectivity index (χ2v) is 5.38. The maximum atomic E-state index is 13.0. The third-order valence-corrected chi connectivity index (χ3v) is 3.15. The summed E-state index contributed by atoms with van der Waals surface area (Å²) in [5, 5.41) is 3.92. The van der Waals surface area contributed by atoms with Gasteiger partial charge in [0.2, 0.25) is 0 Å². The molecule has 0 bridgehead atoms. The summed E-state index contributed by atoms with van der Waals surface area (Å²) in [5.74, 6) is -0.301. The van der Waals surface area contributed by atoms with E-state index in [4.69, 9.17) is 16.3 Å². The van der Waals surface area contributed by atoms with Crippen LogP contribution < -0.4 is 5.32 Å². The normalized spacial score (nSPS) is 12.9. The fraction of sp³-hybridized carbons (Fsp3) is 0.600. The molecule has 1 unspecified atom stereocenters. The minimum Gasteiger partial charge on any atom is -0.377 e. The molecule has 108 valence electrons. The third kappa shape index (κ3) is 6.37. The zero-order chi connectivity index (χ0) is 14.3. The molecule has 0 fully saturated rings. The van der Waals surface area contributed by atoms with Crippen molar-refractivity contribution in [2.45, 2.75) is 45.8 Å². The molecule has 0 heterocycles. The molecule has 1 aromatic carbocycles. The SMILES string of the molecule is CCCNC(COC(C)C)Cc1ccc(F)cc1Cl. The van der Waals surface area contributed by atoms with Crippen molar-refractivity contribution in [2.75, 3.05) is 13.2 Å². The highest BCUT2D eigenvalue weighted by Crippen LogP contribution is 2.19. The first-order valence-electron chi connectivity index (χ1n) is 6.81. The lowest BCUT2D eigenvalue weighted by Gasteiger charge is -2.20. The molecule has 1 rings (SSSR count). The van der Waals surface area contributed by atoms with Crippen LogP contribution in [0.25, 0.3) is 0 Å². The molecule has 1 N–H and O–H groups in total. The summed E-state index contributed by atoms with van der Waals surface area (Å²) in [6.07, 6.45) is 2.01. The van der Waals surface area contributed by atoms with Crippen molar-refractivity contribution in [1.82, 2.24) is 5.32 Å². The van der Waals surface area contributed by atoms with Gasteiger partial charge >= 0.3 is 0 Å². The molecule has 0 radical (unpaired) electrons. The van der Waals surface area contributed by atoms with Gasteiger partial charge in [-0.15, -0.1) is 0 Å². The monoisotopic (exact) mass is 287 g/mol. The average molecular weight is 288 g/mol. The molecular formula is C15H23ClFNO. The lowest BCUT2D eigenvalue weighted by atomic mass is 10.1. The lowest BCUT2D eigenvalue weighted by molar-refractivity contribution is 0.0613. The summed E-state index contributed by atoms with van der Waals surface area (Å²) in [6, 6.07) is 4.75. The zero-order valence-corrected chi connectivity index (χ0v) is 12.6. The van der Waals surface area contributed by atoms with Gasteiger partial charge in [0.15, 0.2) is 0 Å². The standard InChI is InChI=1S/C15H23ClFNO/c1-4-7-18-14(10-19-11(2)3)8-12-5-6-13(17)9-15(12)16/h5-6,9,11,14,18H,4,7-8,10H2,1-3H3. The van der Waals surface area contributed by atoms with Crippen LogP contribution in [-0.2, 0) is 11.2 Å². The first-order valence-corrected chi connectivity index (χ1v) is 7.19. The topological polar surface area (TPSA) is 21.3 Å². The Morgan fingerprint density at radius 1 is 1.37 bits per heavy atom. The van der Waals surface area contributed by atoms with Crippen LogP contribution >= 0.6 is 11.6 Å². The minimum atomic E-state index is -0.301. The maximum Gasteiger partial charge on any atom is 0.124 e. The molecule has 0 spiro atoms. The van der Waals surface area contributed by atoms with Crippen molar-refractivity contribution in [2.24, 2.45) is 0 Å². The quantitative estimate of drug-likeness (QED) is 0.785. The Balaban J connectivity index is 2.63. The molecule has 0 saturated heterocycles. The Bertz CT molecular complexity index is 384. The highest BCUT2D eigenvalue weighted by molar-refractivity contribution is 6.31. The number of benzene rings is 1. The zero-order valence-electron chi connectivity index (χ0n) is 11.9. The molecule has 0 amide bonds. The van der Waals surface area contributed by atoms with Gasteiger partial charge in [0.25, 0.3) is 0 Å². The lowest BCUT2D eigenvalue weighted by Crippen LogP contribution is -2.36. The summed E-state index contributed by atoms with van der Waals surface area (Å²) >= 11 is 6.06. The molecule has 2 nitrogen and oxygen atoms in total. The average Bonchev–Trinajstić information content (AvgIpc) is 2.35. The van der Waals surface area contributed by atoms with E-state index >= 15 is 0 Å². The van der Waals surface area contributed by atoms with E-state index in [9.17, 15) is 4.39 Å². The van der Waals surface area contributed by atoms with E-state index in [2.05, 4.69) is 12.2 Å². The summed E-state index contributed by atoms with van der Waals surface area (Å²) < 4.78 is 18.7. The van der Waals surface area contributed by atoms with Crippen LogP contribution in [0.1, 0.15) is 32.8 Å². The predicted molar refractivity (Wildman–Crippen MR) is 78.3 cm³/mol. The maximum absolute atomic E-state index is 13.0. The number of hydrogen-bond acceptors (Lipinski definition) is 2. The second kappa shape index (κ2) is 8.51. The Hall–Kier alpha value is -0.640. The van der Waals surface area contributed by atoms with Gasteiger partial charge in [-0.05, 0) is 50.9 Å². The molecular weight excluding hydrogens is 265 g/mol. The Morgan fingerprint density at radius 2 is 2.11 bits per heavy atom. The largest absolute Gasteiger partial charge is 0.377 e. The van der Waals surface area contributed by atoms with Gasteiger partial charge in [-0.3, -0.25) is 0 Å². The first kappa shape index (κ1) is 16.4. The van der Waals surface area contributed by atoms with E-state index in [1.165, 1.54) is 12.1 Å². The number of rotatable bonds is 8. The fourth-order valence-corrected chi connectivity index (χ4v) is 2.04. The van der Waals surface area contributed by atoms with E-state index < -0.39 is 0 Å². The van der Waals surface area contributed by atoms with Crippen LogP contribution in [0.2, 0.25) is 5.02 Å². The van der Waals surface area contributed by atoms with Gasteiger partial charge in [-0.25, -0.2) is 4.39 Å². The molecule has 0 aliphatic rings. The van der Waals surface area contributed by atoms with Gasteiger partial charge in [0, 0.05) is 11.1 Å². The van der Waals surface area contributed by atoms with Crippen LogP contribution in [0.3, 0.4) is 0 Å². The van der Waals surface area contributed by atoms with Crippen molar-refractivity contribution >= 4 is 11.6 Å². The van der Waals surface area contributed by atoms with Crippen LogP contribution in [0.4, 0.5) is 4.39 Å². The molecule has 19 heavy (non-hydrogen) atoms. The molecule has 0 aliphatic heterocycles. The Kier molecular flexibility index (Phi) is 7.36. The van der Waals surface area contributed by atoms with Crippen LogP contribution in [0.5, 0.6) is 0 Å². The van der Waals surface area contributed by atoms with Crippen LogP contribution in [0.15, 0.2) is 18.2 Å². The van der Waals surface area contributed by atoms with E-state index in [1.54, 1.807) is 6.07 Å².